The summed E-state index contributed by atoms with van der Waals surface area (Å²) in [5.74, 6) is 0.823. The first-order valence-corrected chi connectivity index (χ1v) is 4.56. The van der Waals surface area contributed by atoms with E-state index in [4.69, 9.17) is 4.74 Å². The first-order chi connectivity index (χ1) is 6.74. The van der Waals surface area contributed by atoms with Crippen LogP contribution >= 0.6 is 0 Å². The highest BCUT2D eigenvalue weighted by atomic mass is 16.6. The molecule has 0 saturated carbocycles. The van der Waals surface area contributed by atoms with Crippen molar-refractivity contribution in [3.8, 4) is 5.75 Å². The van der Waals surface area contributed by atoms with Gasteiger partial charge in [0, 0.05) is 5.56 Å². The molecule has 0 saturated heterocycles. The average molecular weight is 193 g/mol. The summed E-state index contributed by atoms with van der Waals surface area (Å²) in [5.41, 5.74) is 0.919. The zero-order valence-electron chi connectivity index (χ0n) is 8.73. The largest absolute Gasteiger partial charge is 0.490 e. The molecule has 1 rings (SSSR count). The molecule has 0 fully saturated rings. The van der Waals surface area contributed by atoms with E-state index >= 15 is 0 Å². The highest BCUT2D eigenvalue weighted by Crippen LogP contribution is 2.17. The van der Waals surface area contributed by atoms with Gasteiger partial charge in [0.15, 0.2) is 0 Å². The zero-order chi connectivity index (χ0) is 10.4. The van der Waals surface area contributed by atoms with E-state index in [2.05, 4.69) is 9.99 Å². The van der Waals surface area contributed by atoms with Gasteiger partial charge in [-0.2, -0.15) is 0 Å². The van der Waals surface area contributed by atoms with Crippen molar-refractivity contribution in [3.05, 3.63) is 29.8 Å². The zero-order valence-corrected chi connectivity index (χ0v) is 8.73. The highest BCUT2D eigenvalue weighted by molar-refractivity contribution is 5.83. The maximum Gasteiger partial charge on any atom is 0.128 e. The van der Waals surface area contributed by atoms with Crippen LogP contribution in [0.2, 0.25) is 0 Å². The lowest BCUT2D eigenvalue weighted by Gasteiger charge is -2.11. The molecule has 14 heavy (non-hydrogen) atoms. The van der Waals surface area contributed by atoms with Crippen molar-refractivity contribution in [2.75, 3.05) is 7.11 Å². The van der Waals surface area contributed by atoms with E-state index in [1.54, 1.807) is 6.21 Å². The second-order valence-electron chi connectivity index (χ2n) is 3.12. The second kappa shape index (κ2) is 5.27. The van der Waals surface area contributed by atoms with Crippen LogP contribution in [-0.4, -0.2) is 19.4 Å². The van der Waals surface area contributed by atoms with Gasteiger partial charge in [-0.3, -0.25) is 0 Å². The maximum atomic E-state index is 5.60. The monoisotopic (exact) mass is 193 g/mol. The van der Waals surface area contributed by atoms with Crippen LogP contribution in [-0.2, 0) is 4.84 Å². The number of rotatable bonds is 4. The lowest BCUT2D eigenvalue weighted by atomic mass is 10.2. The Balaban J connectivity index is 2.85. The average Bonchev–Trinajstić information content (AvgIpc) is 2.16. The van der Waals surface area contributed by atoms with E-state index in [1.165, 1.54) is 7.11 Å². The van der Waals surface area contributed by atoms with Crippen molar-refractivity contribution in [2.24, 2.45) is 5.16 Å². The van der Waals surface area contributed by atoms with Crippen LogP contribution in [0.4, 0.5) is 0 Å². The molecule has 76 valence electrons. The van der Waals surface area contributed by atoms with Crippen LogP contribution in [0.1, 0.15) is 19.4 Å². The number of nitrogens with zero attached hydrogens (tertiary/aromatic N) is 1. The molecule has 0 radical (unpaired) electrons. The summed E-state index contributed by atoms with van der Waals surface area (Å²) in [4.78, 5) is 4.62. The number of hydrogen-bond donors (Lipinski definition) is 0. The predicted octanol–water partition coefficient (Wildman–Crippen LogP) is 2.45. The van der Waals surface area contributed by atoms with Crippen LogP contribution in [0.15, 0.2) is 29.4 Å². The highest BCUT2D eigenvalue weighted by Gasteiger charge is 2.02. The Hall–Kier alpha value is -1.51. The SMILES string of the molecule is CON=Cc1ccccc1OC(C)C. The first kappa shape index (κ1) is 10.6. The molecular formula is C11H15NO2. The predicted molar refractivity (Wildman–Crippen MR) is 56.8 cm³/mol. The molecule has 3 nitrogen and oxygen atoms in total. The van der Waals surface area contributed by atoms with E-state index in [1.807, 2.05) is 38.1 Å². The minimum atomic E-state index is 0.159. The van der Waals surface area contributed by atoms with Crippen LogP contribution in [0.5, 0.6) is 5.75 Å². The maximum absolute atomic E-state index is 5.60. The third-order valence-corrected chi connectivity index (χ3v) is 1.58. The van der Waals surface area contributed by atoms with Crippen LogP contribution in [0, 0.1) is 0 Å². The van der Waals surface area contributed by atoms with Gasteiger partial charge in [-0.05, 0) is 26.0 Å². The lowest BCUT2D eigenvalue weighted by molar-refractivity contribution is 0.215. The van der Waals surface area contributed by atoms with Gasteiger partial charge in [0.1, 0.15) is 12.9 Å². The van der Waals surface area contributed by atoms with Gasteiger partial charge in [-0.25, -0.2) is 0 Å². The molecule has 0 bridgehead atoms. The minimum absolute atomic E-state index is 0.159. The van der Waals surface area contributed by atoms with E-state index in [0.717, 1.165) is 11.3 Å². The summed E-state index contributed by atoms with van der Waals surface area (Å²) in [6.07, 6.45) is 1.80. The Morgan fingerprint density at radius 2 is 2.00 bits per heavy atom. The number of ether oxygens (including phenoxy) is 1. The lowest BCUT2D eigenvalue weighted by Crippen LogP contribution is -2.07. The fourth-order valence-corrected chi connectivity index (χ4v) is 1.06. The number of benzene rings is 1. The van der Waals surface area contributed by atoms with E-state index < -0.39 is 0 Å². The van der Waals surface area contributed by atoms with Crippen LogP contribution in [0.25, 0.3) is 0 Å². The number of oxime groups is 1. The number of para-hydroxylation sites is 1. The molecule has 0 aromatic heterocycles. The smallest absolute Gasteiger partial charge is 0.128 e. The van der Waals surface area contributed by atoms with Gasteiger partial charge in [0.25, 0.3) is 0 Å². The summed E-state index contributed by atoms with van der Waals surface area (Å²) in [6, 6.07) is 7.71. The Labute approximate surface area is 84.3 Å². The quantitative estimate of drug-likeness (QED) is 0.543. The van der Waals surface area contributed by atoms with Crippen molar-refractivity contribution < 1.29 is 9.57 Å². The van der Waals surface area contributed by atoms with E-state index in [0.29, 0.717) is 0 Å². The Morgan fingerprint density at radius 3 is 2.64 bits per heavy atom. The molecule has 1 aromatic carbocycles. The molecule has 0 aliphatic carbocycles. The molecule has 1 aromatic rings. The molecule has 0 aliphatic heterocycles. The third kappa shape index (κ3) is 3.09. The molecule has 0 amide bonds. The van der Waals surface area contributed by atoms with Gasteiger partial charge >= 0.3 is 0 Å². The molecule has 0 aliphatic rings. The molecule has 0 atom stereocenters. The molecular weight excluding hydrogens is 178 g/mol. The fraction of sp³-hybridized carbons (Fsp3) is 0.364. The normalized spacial score (nSPS) is 10.9. The summed E-state index contributed by atoms with van der Waals surface area (Å²) >= 11 is 0. The Bertz CT molecular complexity index is 308. The van der Waals surface area contributed by atoms with Gasteiger partial charge in [-0.1, -0.05) is 17.3 Å². The first-order valence-electron chi connectivity index (χ1n) is 4.56. The topological polar surface area (TPSA) is 30.8 Å². The Morgan fingerprint density at radius 1 is 1.29 bits per heavy atom. The number of hydrogen-bond acceptors (Lipinski definition) is 3. The van der Waals surface area contributed by atoms with Crippen molar-refractivity contribution in [1.29, 1.82) is 0 Å². The van der Waals surface area contributed by atoms with Crippen molar-refractivity contribution in [1.82, 2.24) is 0 Å². The summed E-state index contributed by atoms with van der Waals surface area (Å²) in [6.45, 7) is 3.98. The standard InChI is InChI=1S/C11H15NO2/c1-9(2)14-11-7-5-4-6-10(11)8-12-13-3/h4-9H,1-3H3. The van der Waals surface area contributed by atoms with E-state index in [9.17, 15) is 0 Å². The summed E-state index contributed by atoms with van der Waals surface area (Å²) < 4.78 is 5.60. The van der Waals surface area contributed by atoms with Gasteiger partial charge in [-0.15, -0.1) is 0 Å². The molecule has 0 spiro atoms. The summed E-state index contributed by atoms with van der Waals surface area (Å²) in [7, 11) is 1.52. The van der Waals surface area contributed by atoms with Crippen molar-refractivity contribution >= 4 is 6.21 Å². The second-order valence-corrected chi connectivity index (χ2v) is 3.12. The van der Waals surface area contributed by atoms with Crippen LogP contribution < -0.4 is 4.74 Å². The molecule has 0 unspecified atom stereocenters. The third-order valence-electron chi connectivity index (χ3n) is 1.58. The Kier molecular flexibility index (Phi) is 3.98. The van der Waals surface area contributed by atoms with Gasteiger partial charge < -0.3 is 9.57 Å². The fourth-order valence-electron chi connectivity index (χ4n) is 1.06. The molecule has 3 heteroatoms. The van der Waals surface area contributed by atoms with E-state index in [-0.39, 0.29) is 6.10 Å². The molecule has 0 heterocycles. The summed E-state index contributed by atoms with van der Waals surface area (Å²) in [5, 5.41) is 3.70. The van der Waals surface area contributed by atoms with Crippen LogP contribution in [0.3, 0.4) is 0 Å². The van der Waals surface area contributed by atoms with Gasteiger partial charge in [0.05, 0.1) is 12.3 Å². The minimum Gasteiger partial charge on any atom is -0.490 e. The molecule has 0 N–H and O–H groups in total. The van der Waals surface area contributed by atoms with Crippen molar-refractivity contribution in [3.63, 3.8) is 0 Å². The van der Waals surface area contributed by atoms with Gasteiger partial charge in [0.2, 0.25) is 0 Å². The van der Waals surface area contributed by atoms with Crippen molar-refractivity contribution in [2.45, 2.75) is 20.0 Å².